The van der Waals surface area contributed by atoms with Gasteiger partial charge in [-0.15, -0.1) is 11.6 Å². The third-order valence-electron chi connectivity index (χ3n) is 2.39. The van der Waals surface area contributed by atoms with Crippen LogP contribution >= 0.6 is 23.2 Å². The van der Waals surface area contributed by atoms with Gasteiger partial charge in [-0.05, 0) is 31.0 Å². The molecule has 4 heteroatoms. The molecule has 1 rings (SSSR count). The van der Waals surface area contributed by atoms with Gasteiger partial charge >= 0.3 is 0 Å². The van der Waals surface area contributed by atoms with Crippen LogP contribution in [0.1, 0.15) is 22.8 Å². The number of rotatable bonds is 3. The van der Waals surface area contributed by atoms with Crippen LogP contribution in [0.2, 0.25) is 5.02 Å². The maximum atomic E-state index is 9.77. The van der Waals surface area contributed by atoms with Crippen molar-refractivity contribution in [2.24, 2.45) is 0 Å². The smallest absolute Gasteiger partial charge is 0.125 e. The molecule has 0 saturated heterocycles. The van der Waals surface area contributed by atoms with Crippen LogP contribution in [-0.4, -0.2) is 18.1 Å². The lowest BCUT2D eigenvalue weighted by atomic mass is 10.0. The third-order valence-corrected chi connectivity index (χ3v) is 3.27. The van der Waals surface area contributed by atoms with Gasteiger partial charge in [0.2, 0.25) is 0 Å². The maximum Gasteiger partial charge on any atom is 0.125 e. The minimum absolute atomic E-state index is 0.122. The molecule has 0 spiro atoms. The van der Waals surface area contributed by atoms with E-state index in [9.17, 15) is 5.11 Å². The molecule has 0 aliphatic heterocycles. The lowest BCUT2D eigenvalue weighted by molar-refractivity contribution is 0.197. The van der Waals surface area contributed by atoms with Crippen molar-refractivity contribution >= 4 is 23.2 Å². The van der Waals surface area contributed by atoms with E-state index >= 15 is 0 Å². The summed E-state index contributed by atoms with van der Waals surface area (Å²) in [4.78, 5) is 0. The number of aliphatic hydroxyl groups is 1. The predicted octanol–water partition coefficient (Wildman–Crippen LogP) is 3.24. The highest BCUT2D eigenvalue weighted by Crippen LogP contribution is 2.35. The molecule has 84 valence electrons. The van der Waals surface area contributed by atoms with Crippen LogP contribution in [0.25, 0.3) is 0 Å². The number of alkyl halides is 1. The monoisotopic (exact) mass is 248 g/mol. The van der Waals surface area contributed by atoms with E-state index in [1.54, 1.807) is 13.2 Å². The molecule has 0 aliphatic rings. The van der Waals surface area contributed by atoms with E-state index in [0.717, 1.165) is 11.1 Å². The minimum atomic E-state index is -0.750. The van der Waals surface area contributed by atoms with Crippen molar-refractivity contribution in [3.63, 3.8) is 0 Å². The average molecular weight is 249 g/mol. The lowest BCUT2D eigenvalue weighted by Crippen LogP contribution is -2.05. The zero-order valence-electron chi connectivity index (χ0n) is 8.97. The van der Waals surface area contributed by atoms with Crippen molar-refractivity contribution in [3.8, 4) is 5.75 Å². The van der Waals surface area contributed by atoms with Gasteiger partial charge in [-0.1, -0.05) is 11.6 Å². The maximum absolute atomic E-state index is 9.77. The van der Waals surface area contributed by atoms with Crippen LogP contribution in [0, 0.1) is 13.8 Å². The van der Waals surface area contributed by atoms with Crippen LogP contribution in [0.15, 0.2) is 6.07 Å². The van der Waals surface area contributed by atoms with Crippen LogP contribution in [0.4, 0.5) is 0 Å². The van der Waals surface area contributed by atoms with E-state index in [1.807, 2.05) is 13.8 Å². The molecular weight excluding hydrogens is 235 g/mol. The number of hydrogen-bond donors (Lipinski definition) is 1. The third kappa shape index (κ3) is 2.39. The molecule has 15 heavy (non-hydrogen) atoms. The summed E-state index contributed by atoms with van der Waals surface area (Å²) in [5, 5.41) is 10.4. The minimum Gasteiger partial charge on any atom is -0.496 e. The van der Waals surface area contributed by atoms with Gasteiger partial charge in [-0.2, -0.15) is 0 Å². The molecule has 0 amide bonds. The predicted molar refractivity (Wildman–Crippen MR) is 63.2 cm³/mol. The van der Waals surface area contributed by atoms with Crippen molar-refractivity contribution in [3.05, 3.63) is 27.8 Å². The summed E-state index contributed by atoms with van der Waals surface area (Å²) in [6, 6.07) is 1.81. The van der Waals surface area contributed by atoms with Crippen molar-refractivity contribution in [1.82, 2.24) is 0 Å². The van der Waals surface area contributed by atoms with Crippen LogP contribution in [-0.2, 0) is 0 Å². The molecule has 0 aliphatic carbocycles. The molecule has 0 heterocycles. The standard InChI is InChI=1S/C11H14Cl2O2/c1-6-4-9(15-3)10(8(14)5-12)7(2)11(6)13/h4,8,14H,5H2,1-3H3. The summed E-state index contributed by atoms with van der Waals surface area (Å²) in [5.74, 6) is 0.749. The normalized spacial score (nSPS) is 12.7. The molecule has 2 nitrogen and oxygen atoms in total. The van der Waals surface area contributed by atoms with E-state index in [4.69, 9.17) is 27.9 Å². The Morgan fingerprint density at radius 1 is 1.47 bits per heavy atom. The number of hydrogen-bond acceptors (Lipinski definition) is 2. The zero-order chi connectivity index (χ0) is 11.6. The Hall–Kier alpha value is -0.440. The Balaban J connectivity index is 3.40. The Morgan fingerprint density at radius 2 is 2.07 bits per heavy atom. The summed E-state index contributed by atoms with van der Waals surface area (Å²) >= 11 is 11.7. The highest BCUT2D eigenvalue weighted by molar-refractivity contribution is 6.32. The summed E-state index contributed by atoms with van der Waals surface area (Å²) in [6.07, 6.45) is -0.750. The fraction of sp³-hybridized carbons (Fsp3) is 0.455. The molecular formula is C11H14Cl2O2. The van der Waals surface area contributed by atoms with E-state index < -0.39 is 6.10 Å². The van der Waals surface area contributed by atoms with Crippen LogP contribution < -0.4 is 4.74 Å². The average Bonchev–Trinajstić information content (AvgIpc) is 2.24. The highest BCUT2D eigenvalue weighted by atomic mass is 35.5. The zero-order valence-corrected chi connectivity index (χ0v) is 10.5. The van der Waals surface area contributed by atoms with E-state index in [-0.39, 0.29) is 5.88 Å². The first-order chi connectivity index (χ1) is 7.02. The number of aryl methyl sites for hydroxylation is 1. The van der Waals surface area contributed by atoms with E-state index in [0.29, 0.717) is 16.3 Å². The quantitative estimate of drug-likeness (QED) is 0.833. The Morgan fingerprint density at radius 3 is 2.53 bits per heavy atom. The van der Waals surface area contributed by atoms with Gasteiger partial charge in [0, 0.05) is 10.6 Å². The molecule has 1 N–H and O–H groups in total. The SMILES string of the molecule is COc1cc(C)c(Cl)c(C)c1C(O)CCl. The number of aliphatic hydroxyl groups excluding tert-OH is 1. The van der Waals surface area contributed by atoms with E-state index in [2.05, 4.69) is 0 Å². The second-order valence-corrected chi connectivity index (χ2v) is 4.11. The van der Waals surface area contributed by atoms with Crippen molar-refractivity contribution in [1.29, 1.82) is 0 Å². The second-order valence-electron chi connectivity index (χ2n) is 3.42. The first kappa shape index (κ1) is 12.6. The number of methoxy groups -OCH3 is 1. The molecule has 0 bridgehead atoms. The molecule has 0 saturated carbocycles. The van der Waals surface area contributed by atoms with Gasteiger partial charge in [0.15, 0.2) is 0 Å². The summed E-state index contributed by atoms with van der Waals surface area (Å²) in [7, 11) is 1.56. The summed E-state index contributed by atoms with van der Waals surface area (Å²) in [6.45, 7) is 3.75. The van der Waals surface area contributed by atoms with Crippen LogP contribution in [0.5, 0.6) is 5.75 Å². The molecule has 1 unspecified atom stereocenters. The van der Waals surface area contributed by atoms with Crippen molar-refractivity contribution < 1.29 is 9.84 Å². The largest absolute Gasteiger partial charge is 0.496 e. The first-order valence-corrected chi connectivity index (χ1v) is 5.51. The molecule has 1 aromatic rings. The van der Waals surface area contributed by atoms with Gasteiger partial charge in [0.1, 0.15) is 5.75 Å². The van der Waals surface area contributed by atoms with Gasteiger partial charge in [-0.25, -0.2) is 0 Å². The van der Waals surface area contributed by atoms with Crippen molar-refractivity contribution in [2.45, 2.75) is 20.0 Å². The first-order valence-electron chi connectivity index (χ1n) is 4.60. The molecule has 0 fully saturated rings. The lowest BCUT2D eigenvalue weighted by Gasteiger charge is -2.18. The van der Waals surface area contributed by atoms with Gasteiger partial charge in [0.25, 0.3) is 0 Å². The number of ether oxygens (including phenoxy) is 1. The van der Waals surface area contributed by atoms with Gasteiger partial charge < -0.3 is 9.84 Å². The molecule has 1 aromatic carbocycles. The second kappa shape index (κ2) is 5.06. The fourth-order valence-electron chi connectivity index (χ4n) is 1.60. The topological polar surface area (TPSA) is 29.5 Å². The fourth-order valence-corrected chi connectivity index (χ4v) is 1.91. The highest BCUT2D eigenvalue weighted by Gasteiger charge is 2.18. The van der Waals surface area contributed by atoms with Gasteiger partial charge in [0.05, 0.1) is 19.1 Å². The van der Waals surface area contributed by atoms with Gasteiger partial charge in [-0.3, -0.25) is 0 Å². The Kier molecular flexibility index (Phi) is 4.26. The molecule has 0 aromatic heterocycles. The Bertz CT molecular complexity index is 364. The number of halogens is 2. The van der Waals surface area contributed by atoms with Crippen molar-refractivity contribution in [2.75, 3.05) is 13.0 Å². The number of benzene rings is 1. The van der Waals surface area contributed by atoms with E-state index in [1.165, 1.54) is 0 Å². The molecule has 1 atom stereocenters. The summed E-state index contributed by atoms with van der Waals surface area (Å²) < 4.78 is 5.21. The van der Waals surface area contributed by atoms with Crippen LogP contribution in [0.3, 0.4) is 0 Å². The molecule has 0 radical (unpaired) electrons. The summed E-state index contributed by atoms with van der Waals surface area (Å²) in [5.41, 5.74) is 2.42. The Labute approximate surface area is 99.8 Å².